The molecule has 0 saturated heterocycles. The van der Waals surface area contributed by atoms with Gasteiger partial charge >= 0.3 is 0 Å². The second-order valence-corrected chi connectivity index (χ2v) is 35.6. The van der Waals surface area contributed by atoms with E-state index in [4.69, 9.17) is 13.3 Å². The highest BCUT2D eigenvalue weighted by Crippen LogP contribution is 2.47. The molecule has 2 atom stereocenters. The molecule has 0 radical (unpaired) electrons. The Labute approximate surface area is 297 Å². The molecule has 8 heteroatoms. The van der Waals surface area contributed by atoms with Crippen LogP contribution in [0.4, 0.5) is 0 Å². The van der Waals surface area contributed by atoms with Gasteiger partial charge in [0.2, 0.25) is 0 Å². The molecule has 1 saturated carbocycles. The van der Waals surface area contributed by atoms with E-state index in [0.29, 0.717) is 12.8 Å². The topological polar surface area (TPSA) is 44.8 Å². The maximum atomic E-state index is 15.0. The Bertz CT molecular complexity index is 1370. The van der Waals surface area contributed by atoms with Crippen LogP contribution in [0.3, 0.4) is 0 Å². The van der Waals surface area contributed by atoms with Gasteiger partial charge in [-0.2, -0.15) is 0 Å². The van der Waals surface area contributed by atoms with Gasteiger partial charge in [-0.05, 0) is 72.8 Å². The number of benzene rings is 2. The Morgan fingerprint density at radius 3 is 1.35 bits per heavy atom. The first-order valence-corrected chi connectivity index (χ1v) is 28.5. The Morgan fingerprint density at radius 1 is 0.625 bits per heavy atom. The highest BCUT2D eigenvalue weighted by atomic mass is 31.2. The van der Waals surface area contributed by atoms with Crippen LogP contribution >= 0.6 is 7.14 Å². The van der Waals surface area contributed by atoms with Crippen molar-refractivity contribution in [1.82, 2.24) is 0 Å². The number of allylic oxidation sites excluding steroid dienone is 1. The normalized spacial score (nSPS) is 20.8. The van der Waals surface area contributed by atoms with E-state index in [0.717, 1.165) is 23.5 Å². The van der Waals surface area contributed by atoms with Crippen molar-refractivity contribution in [3.8, 4) is 0 Å². The van der Waals surface area contributed by atoms with Gasteiger partial charge in [0.05, 0.1) is 18.8 Å². The van der Waals surface area contributed by atoms with E-state index in [1.807, 2.05) is 60.7 Å². The fourth-order valence-corrected chi connectivity index (χ4v) is 11.3. The molecule has 0 aliphatic heterocycles. The highest BCUT2D eigenvalue weighted by Gasteiger charge is 2.46. The van der Waals surface area contributed by atoms with Crippen molar-refractivity contribution in [1.29, 1.82) is 0 Å². The number of rotatable bonds is 11. The van der Waals surface area contributed by atoms with Crippen LogP contribution in [0.2, 0.25) is 54.4 Å². The molecule has 0 aromatic heterocycles. The second-order valence-electron chi connectivity index (χ2n) is 18.4. The largest absolute Gasteiger partial charge is 0.413 e. The van der Waals surface area contributed by atoms with Crippen molar-refractivity contribution >= 4 is 42.7 Å². The summed E-state index contributed by atoms with van der Waals surface area (Å²) in [7, 11) is -9.17. The number of hydrogen-bond acceptors (Lipinski definition) is 4. The summed E-state index contributed by atoms with van der Waals surface area (Å²) in [5, 5.41) is 2.05. The molecule has 1 fully saturated rings. The molecule has 2 aromatic rings. The first kappa shape index (κ1) is 41.1. The molecule has 3 rings (SSSR count). The van der Waals surface area contributed by atoms with Gasteiger partial charge in [0, 0.05) is 16.8 Å². The zero-order valence-electron chi connectivity index (χ0n) is 33.0. The lowest BCUT2D eigenvalue weighted by Crippen LogP contribution is -2.50. The van der Waals surface area contributed by atoms with Crippen LogP contribution < -0.4 is 10.6 Å². The zero-order chi connectivity index (χ0) is 36.4. The number of hydrogen-bond donors (Lipinski definition) is 0. The van der Waals surface area contributed by atoms with Crippen molar-refractivity contribution < 1.29 is 17.8 Å². The second kappa shape index (κ2) is 15.1. The Kier molecular flexibility index (Phi) is 12.9. The maximum absolute atomic E-state index is 15.0. The van der Waals surface area contributed by atoms with E-state index >= 15 is 4.57 Å². The van der Waals surface area contributed by atoms with Crippen LogP contribution in [0.15, 0.2) is 84.0 Å². The minimum Gasteiger partial charge on any atom is -0.413 e. The first-order valence-electron chi connectivity index (χ1n) is 17.9. The van der Waals surface area contributed by atoms with Crippen molar-refractivity contribution in [3.63, 3.8) is 0 Å². The standard InChI is InChI=1S/C40H67O4PSi3/c1-38(2,3)46(10,11)42-28-26-35-36(43-47(12,13)39(4,5)6)30-32(31-37(35)44-48(14,15)40(7,8)9)27-29-45(41,33-22-18-16-19-23-33)34-24-20-17-21-25-34/h16-27,36-37H,28-31H2,1-15H3/t36-,37+. The van der Waals surface area contributed by atoms with E-state index in [2.05, 4.69) is 114 Å². The monoisotopic (exact) mass is 726 g/mol. The fraction of sp³-hybridized carbons (Fsp3) is 0.600. The van der Waals surface area contributed by atoms with Gasteiger partial charge in [-0.1, -0.05) is 141 Å². The third-order valence-corrected chi connectivity index (χ3v) is 28.1. The quantitative estimate of drug-likeness (QED) is 0.131. The van der Waals surface area contributed by atoms with E-state index in [-0.39, 0.29) is 27.3 Å². The predicted molar refractivity (Wildman–Crippen MR) is 217 cm³/mol. The SMILES string of the molecule is CC(C)(C)[Si](C)(C)OCC=C1[C@@H](O[Si](C)(C)C(C)(C)C)CC(=CCP(=O)(c2ccccc2)c2ccccc2)C[C@H]1O[Si](C)(C)C(C)(C)C. The summed E-state index contributed by atoms with van der Waals surface area (Å²) in [4.78, 5) is 0. The minimum atomic E-state index is -2.90. The molecular formula is C40H67O4PSi3. The zero-order valence-corrected chi connectivity index (χ0v) is 36.9. The average molecular weight is 727 g/mol. The third kappa shape index (κ3) is 9.92. The predicted octanol–water partition coefficient (Wildman–Crippen LogP) is 11.4. The van der Waals surface area contributed by atoms with Gasteiger partial charge in [-0.3, -0.25) is 0 Å². The molecule has 0 amide bonds. The molecule has 0 N–H and O–H groups in total. The van der Waals surface area contributed by atoms with Crippen molar-refractivity contribution in [3.05, 3.63) is 84.0 Å². The van der Waals surface area contributed by atoms with Gasteiger partial charge in [0.15, 0.2) is 25.0 Å². The molecule has 4 nitrogen and oxygen atoms in total. The molecule has 0 unspecified atom stereocenters. The summed E-state index contributed by atoms with van der Waals surface area (Å²) in [6.45, 7) is 35.3. The van der Waals surface area contributed by atoms with Crippen molar-refractivity contribution in [2.75, 3.05) is 12.8 Å². The summed E-state index contributed by atoms with van der Waals surface area (Å²) in [5.41, 5.74) is 2.51. The molecule has 1 aliphatic rings. The van der Waals surface area contributed by atoms with Crippen LogP contribution in [-0.4, -0.2) is 49.9 Å². The van der Waals surface area contributed by atoms with Gasteiger partial charge < -0.3 is 17.8 Å². The Morgan fingerprint density at radius 2 is 1.00 bits per heavy atom. The summed E-state index contributed by atoms with van der Waals surface area (Å²) in [6.07, 6.45) is 6.38. The van der Waals surface area contributed by atoms with E-state index < -0.39 is 32.1 Å². The molecule has 0 heterocycles. The fourth-order valence-electron chi connectivity index (χ4n) is 5.23. The molecule has 2 aromatic carbocycles. The lowest BCUT2D eigenvalue weighted by Gasteiger charge is -2.46. The van der Waals surface area contributed by atoms with Gasteiger partial charge in [0.1, 0.15) is 7.14 Å². The lowest BCUT2D eigenvalue weighted by atomic mass is 9.85. The van der Waals surface area contributed by atoms with Gasteiger partial charge in [-0.15, -0.1) is 0 Å². The van der Waals surface area contributed by atoms with E-state index in [1.54, 1.807) is 0 Å². The molecule has 0 spiro atoms. The Hall–Kier alpha value is -1.32. The van der Waals surface area contributed by atoms with E-state index in [1.165, 1.54) is 11.1 Å². The lowest BCUT2D eigenvalue weighted by molar-refractivity contribution is 0.129. The summed E-state index contributed by atoms with van der Waals surface area (Å²) >= 11 is 0. The first-order chi connectivity index (χ1) is 21.8. The molecule has 1 aliphatic carbocycles. The molecule has 0 bridgehead atoms. The maximum Gasteiger partial charge on any atom is 0.192 e. The summed E-state index contributed by atoms with van der Waals surface area (Å²) < 4.78 is 36.4. The minimum absolute atomic E-state index is 0.0587. The van der Waals surface area contributed by atoms with Crippen LogP contribution in [0, 0.1) is 0 Å². The van der Waals surface area contributed by atoms with Gasteiger partial charge in [0.25, 0.3) is 0 Å². The summed E-state index contributed by atoms with van der Waals surface area (Å²) in [6, 6.07) is 20.0. The van der Waals surface area contributed by atoms with E-state index in [9.17, 15) is 0 Å². The molecule has 268 valence electrons. The van der Waals surface area contributed by atoms with Gasteiger partial charge in [-0.25, -0.2) is 0 Å². The van der Waals surface area contributed by atoms with Crippen molar-refractivity contribution in [2.24, 2.45) is 0 Å². The van der Waals surface area contributed by atoms with Crippen molar-refractivity contribution in [2.45, 2.75) is 142 Å². The third-order valence-electron chi connectivity index (χ3n) is 11.7. The smallest absolute Gasteiger partial charge is 0.192 e. The molecular weight excluding hydrogens is 660 g/mol. The van der Waals surface area contributed by atoms with Crippen LogP contribution in [0.1, 0.15) is 75.2 Å². The Balaban J connectivity index is 2.14. The highest BCUT2D eigenvalue weighted by molar-refractivity contribution is 7.78. The van der Waals surface area contributed by atoms with Crippen LogP contribution in [-0.2, 0) is 17.8 Å². The molecule has 48 heavy (non-hydrogen) atoms. The van der Waals surface area contributed by atoms with Crippen LogP contribution in [0.25, 0.3) is 0 Å². The average Bonchev–Trinajstić information content (AvgIpc) is 2.96. The van der Waals surface area contributed by atoms with Crippen LogP contribution in [0.5, 0.6) is 0 Å². The summed E-state index contributed by atoms with van der Waals surface area (Å²) in [5.74, 6) is 0.